The number of fused-ring (bicyclic) bond motifs is 1. The van der Waals surface area contributed by atoms with Crippen LogP contribution in [0.3, 0.4) is 0 Å². The van der Waals surface area contributed by atoms with Gasteiger partial charge >= 0.3 is 12.4 Å². The average molecular weight is 439 g/mol. The van der Waals surface area contributed by atoms with Crippen LogP contribution in [0, 0.1) is 0 Å². The summed E-state index contributed by atoms with van der Waals surface area (Å²) in [6.45, 7) is 0.506. The minimum Gasteiger partial charge on any atom is -0.405 e. The van der Waals surface area contributed by atoms with Gasteiger partial charge in [0.2, 0.25) is 0 Å². The first-order valence-corrected chi connectivity index (χ1v) is 10.5. The highest BCUT2D eigenvalue weighted by molar-refractivity contribution is 6.05. The van der Waals surface area contributed by atoms with E-state index in [1.807, 2.05) is 0 Å². The fourth-order valence-electron chi connectivity index (χ4n) is 4.71. The third-order valence-electron chi connectivity index (χ3n) is 6.14. The summed E-state index contributed by atoms with van der Waals surface area (Å²) >= 11 is 0. The molecule has 1 aromatic carbocycles. The van der Waals surface area contributed by atoms with E-state index < -0.39 is 24.1 Å². The molecule has 10 heteroatoms. The first kappa shape index (κ1) is 21.5. The molecule has 2 aliphatic heterocycles. The predicted molar refractivity (Wildman–Crippen MR) is 103 cm³/mol. The zero-order chi connectivity index (χ0) is 22.2. The van der Waals surface area contributed by atoms with E-state index in [-0.39, 0.29) is 36.6 Å². The van der Waals surface area contributed by atoms with Crippen molar-refractivity contribution in [2.75, 3.05) is 19.6 Å². The third-order valence-corrected chi connectivity index (χ3v) is 6.14. The van der Waals surface area contributed by atoms with Gasteiger partial charge < -0.3 is 14.5 Å². The maximum absolute atomic E-state index is 13.1. The van der Waals surface area contributed by atoms with Crippen molar-refractivity contribution in [1.29, 1.82) is 0 Å². The molecule has 2 heterocycles. The smallest absolute Gasteiger partial charge is 0.405 e. The molecule has 7 nitrogen and oxygen atoms in total. The van der Waals surface area contributed by atoms with Crippen molar-refractivity contribution in [2.45, 2.75) is 57.0 Å². The minimum atomic E-state index is -4.93. The first-order valence-electron chi connectivity index (χ1n) is 10.5. The number of rotatable bonds is 3. The molecule has 31 heavy (non-hydrogen) atoms. The zero-order valence-electron chi connectivity index (χ0n) is 16.9. The van der Waals surface area contributed by atoms with Gasteiger partial charge in [0.25, 0.3) is 11.8 Å². The fourth-order valence-corrected chi connectivity index (χ4v) is 4.71. The number of urea groups is 1. The van der Waals surface area contributed by atoms with Crippen molar-refractivity contribution in [3.8, 4) is 5.75 Å². The van der Waals surface area contributed by atoms with Gasteiger partial charge in [-0.05, 0) is 31.4 Å². The SMILES string of the molecule is O=C(c1ccccc1OC(F)(F)F)N1CCCN2C(=O)N(C3CCCCC3)C(=O)C2C1. The summed E-state index contributed by atoms with van der Waals surface area (Å²) in [6, 6.07) is 3.90. The maximum Gasteiger partial charge on any atom is 0.573 e. The number of benzene rings is 1. The monoisotopic (exact) mass is 439 g/mol. The van der Waals surface area contributed by atoms with E-state index in [1.54, 1.807) is 0 Å². The van der Waals surface area contributed by atoms with Gasteiger partial charge in [0.1, 0.15) is 11.8 Å². The van der Waals surface area contributed by atoms with E-state index in [0.29, 0.717) is 13.0 Å². The van der Waals surface area contributed by atoms with E-state index in [4.69, 9.17) is 0 Å². The Morgan fingerprint density at radius 2 is 1.71 bits per heavy atom. The Kier molecular flexibility index (Phi) is 5.81. The molecule has 3 fully saturated rings. The molecule has 4 amide bonds. The van der Waals surface area contributed by atoms with Crippen molar-refractivity contribution in [2.24, 2.45) is 0 Å². The van der Waals surface area contributed by atoms with Crippen LogP contribution in [0.25, 0.3) is 0 Å². The number of carbonyl (C=O) groups excluding carboxylic acids is 3. The summed E-state index contributed by atoms with van der Waals surface area (Å²) < 4.78 is 42.2. The van der Waals surface area contributed by atoms with Gasteiger partial charge in [0.15, 0.2) is 0 Å². The molecule has 2 saturated heterocycles. The van der Waals surface area contributed by atoms with Crippen LogP contribution >= 0.6 is 0 Å². The molecule has 1 atom stereocenters. The van der Waals surface area contributed by atoms with Crippen LogP contribution in [0.5, 0.6) is 5.75 Å². The number of nitrogens with zero attached hydrogens (tertiary/aromatic N) is 3. The summed E-state index contributed by atoms with van der Waals surface area (Å²) in [5.74, 6) is -1.56. The Morgan fingerprint density at radius 1 is 1.00 bits per heavy atom. The lowest BCUT2D eigenvalue weighted by molar-refractivity contribution is -0.274. The van der Waals surface area contributed by atoms with E-state index in [2.05, 4.69) is 4.74 Å². The van der Waals surface area contributed by atoms with Gasteiger partial charge in [-0.3, -0.25) is 14.5 Å². The molecule has 3 aliphatic rings. The summed E-state index contributed by atoms with van der Waals surface area (Å²) in [5.41, 5.74) is -0.228. The number of imide groups is 1. The lowest BCUT2D eigenvalue weighted by Crippen LogP contribution is -2.45. The van der Waals surface area contributed by atoms with Gasteiger partial charge in [-0.25, -0.2) is 4.79 Å². The number of para-hydroxylation sites is 1. The molecular weight excluding hydrogens is 415 g/mol. The summed E-state index contributed by atoms with van der Waals surface area (Å²) in [6.07, 6.45) is 0.0790. The molecule has 0 bridgehead atoms. The molecule has 1 aromatic rings. The van der Waals surface area contributed by atoms with Crippen LogP contribution in [-0.4, -0.2) is 70.6 Å². The van der Waals surface area contributed by atoms with E-state index in [9.17, 15) is 27.6 Å². The van der Waals surface area contributed by atoms with Crippen molar-refractivity contribution < 1.29 is 32.3 Å². The average Bonchev–Trinajstić information content (AvgIpc) is 2.88. The number of hydrogen-bond donors (Lipinski definition) is 0. The second kappa shape index (κ2) is 8.39. The number of ether oxygens (including phenoxy) is 1. The zero-order valence-corrected chi connectivity index (χ0v) is 16.9. The molecule has 0 N–H and O–H groups in total. The number of halogens is 3. The Morgan fingerprint density at radius 3 is 2.42 bits per heavy atom. The van der Waals surface area contributed by atoms with Crippen molar-refractivity contribution >= 4 is 17.8 Å². The summed E-state index contributed by atoms with van der Waals surface area (Å²) in [7, 11) is 0. The molecule has 1 unspecified atom stereocenters. The highest BCUT2D eigenvalue weighted by Gasteiger charge is 2.49. The van der Waals surface area contributed by atoms with Crippen LogP contribution in [-0.2, 0) is 4.79 Å². The first-order chi connectivity index (χ1) is 14.8. The number of amides is 4. The van der Waals surface area contributed by atoms with Gasteiger partial charge in [0, 0.05) is 19.1 Å². The Hall–Kier alpha value is -2.78. The third kappa shape index (κ3) is 4.33. The van der Waals surface area contributed by atoms with Gasteiger partial charge in [-0.1, -0.05) is 31.4 Å². The molecule has 1 saturated carbocycles. The fraction of sp³-hybridized carbons (Fsp3) is 0.571. The van der Waals surface area contributed by atoms with E-state index in [1.165, 1.54) is 32.9 Å². The van der Waals surface area contributed by atoms with Gasteiger partial charge in [0.05, 0.1) is 12.1 Å². The van der Waals surface area contributed by atoms with Crippen LogP contribution in [0.1, 0.15) is 48.9 Å². The van der Waals surface area contributed by atoms with E-state index in [0.717, 1.165) is 38.2 Å². The Balaban J connectivity index is 1.54. The van der Waals surface area contributed by atoms with Crippen LogP contribution < -0.4 is 4.74 Å². The van der Waals surface area contributed by atoms with Crippen molar-refractivity contribution in [3.63, 3.8) is 0 Å². The molecule has 0 radical (unpaired) electrons. The molecule has 4 rings (SSSR count). The minimum absolute atomic E-state index is 0.0486. The number of alkyl halides is 3. The molecule has 0 aromatic heterocycles. The van der Waals surface area contributed by atoms with Gasteiger partial charge in [-0.2, -0.15) is 0 Å². The normalized spacial score (nSPS) is 23.1. The van der Waals surface area contributed by atoms with Crippen LogP contribution in [0.15, 0.2) is 24.3 Å². The highest BCUT2D eigenvalue weighted by atomic mass is 19.4. The standard InChI is InChI=1S/C21H24F3N3O4/c22-21(23,24)31-17-10-5-4-9-15(17)18(28)25-11-6-12-26-16(13-25)19(29)27(20(26)30)14-7-2-1-3-8-14/h4-5,9-10,14,16H,1-3,6-8,11-13H2. The summed E-state index contributed by atoms with van der Waals surface area (Å²) in [4.78, 5) is 43.3. The molecule has 0 spiro atoms. The lowest BCUT2D eigenvalue weighted by Gasteiger charge is -2.29. The molecular formula is C21H24F3N3O4. The topological polar surface area (TPSA) is 70.2 Å². The molecule has 168 valence electrons. The van der Waals surface area contributed by atoms with Crippen molar-refractivity contribution in [1.82, 2.24) is 14.7 Å². The maximum atomic E-state index is 13.1. The number of hydrogen-bond acceptors (Lipinski definition) is 4. The Bertz CT molecular complexity index is 870. The highest BCUT2D eigenvalue weighted by Crippen LogP contribution is 2.32. The second-order valence-electron chi connectivity index (χ2n) is 8.14. The van der Waals surface area contributed by atoms with Crippen molar-refractivity contribution in [3.05, 3.63) is 29.8 Å². The summed E-state index contributed by atoms with van der Waals surface area (Å²) in [5, 5.41) is 0. The molecule has 1 aliphatic carbocycles. The van der Waals surface area contributed by atoms with Crippen LogP contribution in [0.2, 0.25) is 0 Å². The second-order valence-corrected chi connectivity index (χ2v) is 8.14. The Labute approximate surface area is 177 Å². The van der Waals surface area contributed by atoms with Gasteiger partial charge in [-0.15, -0.1) is 13.2 Å². The van der Waals surface area contributed by atoms with Crippen LogP contribution in [0.4, 0.5) is 18.0 Å². The quantitative estimate of drug-likeness (QED) is 0.677. The van der Waals surface area contributed by atoms with E-state index >= 15 is 0 Å². The largest absolute Gasteiger partial charge is 0.573 e. The number of carbonyl (C=O) groups is 3. The lowest BCUT2D eigenvalue weighted by atomic mass is 9.94. The predicted octanol–water partition coefficient (Wildman–Crippen LogP) is 3.40.